The molecule has 0 bridgehead atoms. The number of benzene rings is 4. The Hall–Kier alpha value is -6.66. The first-order valence-corrected chi connectivity index (χ1v) is 22.4. The van der Waals surface area contributed by atoms with Gasteiger partial charge in [0.1, 0.15) is 36.2 Å². The van der Waals surface area contributed by atoms with Crippen LogP contribution in [0.2, 0.25) is 0 Å². The van der Waals surface area contributed by atoms with E-state index in [0.29, 0.717) is 11.1 Å². The van der Waals surface area contributed by atoms with Gasteiger partial charge in [0, 0.05) is 30.9 Å². The van der Waals surface area contributed by atoms with Crippen molar-refractivity contribution < 1.29 is 55.8 Å². The zero-order valence-corrected chi connectivity index (χ0v) is 35.4. The maximum atomic E-state index is 16.6. The number of carbonyl (C=O) groups excluding carboxylic acids is 1. The SMILES string of the molecule is O=C(O)c1cn(C2CC2)c2c3c(c(F)cc2c1=O)N1C[C@@](COc2ccc(N4C[C@@H](Cn5ccnn5)OC4=O)cc2F)(OP(=O)(OCc2ccccc2)OCc2ccccc2)C[C@H]1CO3. The average Bonchev–Trinajstić information content (AvgIpc) is 3.70. The van der Waals surface area contributed by atoms with E-state index in [1.165, 1.54) is 34.1 Å². The fourth-order valence-electron chi connectivity index (χ4n) is 8.60. The van der Waals surface area contributed by atoms with E-state index >= 15 is 13.3 Å². The van der Waals surface area contributed by atoms with E-state index in [4.69, 9.17) is 27.8 Å². The Morgan fingerprint density at radius 1 is 0.938 bits per heavy atom. The number of phosphoric acid groups is 1. The van der Waals surface area contributed by atoms with Crippen LogP contribution in [-0.2, 0) is 42.6 Å². The Morgan fingerprint density at radius 3 is 2.31 bits per heavy atom. The molecular formula is C45H41F2N6O11P. The number of ether oxygens (including phenoxy) is 3. The van der Waals surface area contributed by atoms with Gasteiger partial charge in [-0.2, -0.15) is 0 Å². The van der Waals surface area contributed by atoms with Crippen LogP contribution in [0.3, 0.4) is 0 Å². The molecule has 1 saturated carbocycles. The molecule has 2 saturated heterocycles. The molecule has 0 radical (unpaired) electrons. The van der Waals surface area contributed by atoms with Crippen LogP contribution in [0.25, 0.3) is 10.9 Å². The molecule has 4 aromatic carbocycles. The van der Waals surface area contributed by atoms with Gasteiger partial charge in [-0.15, -0.1) is 5.10 Å². The highest BCUT2D eigenvalue weighted by Crippen LogP contribution is 2.58. The second-order valence-corrected chi connectivity index (χ2v) is 18.0. The minimum Gasteiger partial charge on any atom is -0.487 e. The Labute approximate surface area is 369 Å². The molecule has 1 aliphatic carbocycles. The lowest BCUT2D eigenvalue weighted by molar-refractivity contribution is -0.0139. The molecule has 17 nitrogen and oxygen atoms in total. The summed E-state index contributed by atoms with van der Waals surface area (Å²) in [4.78, 5) is 41.4. The van der Waals surface area contributed by atoms with Gasteiger partial charge in [-0.05, 0) is 42.2 Å². The number of carboxylic acid groups (broad SMARTS) is 1. The summed E-state index contributed by atoms with van der Waals surface area (Å²) in [5, 5.41) is 17.4. The topological polar surface area (TPSA) is 186 Å². The van der Waals surface area contributed by atoms with E-state index < -0.39 is 66.9 Å². The largest absolute Gasteiger partial charge is 0.487 e. The van der Waals surface area contributed by atoms with Crippen molar-refractivity contribution in [3.8, 4) is 11.5 Å². The van der Waals surface area contributed by atoms with E-state index in [9.17, 15) is 19.5 Å². The predicted molar refractivity (Wildman–Crippen MR) is 228 cm³/mol. The van der Waals surface area contributed by atoms with Crippen molar-refractivity contribution in [1.82, 2.24) is 19.6 Å². The molecule has 6 aromatic rings. The molecule has 336 valence electrons. The van der Waals surface area contributed by atoms with Crippen molar-refractivity contribution in [3.05, 3.63) is 142 Å². The molecule has 4 aliphatic rings. The second-order valence-electron chi connectivity index (χ2n) is 16.4. The summed E-state index contributed by atoms with van der Waals surface area (Å²) in [6, 6.07) is 22.2. The first kappa shape index (κ1) is 42.3. The second kappa shape index (κ2) is 17.0. The summed E-state index contributed by atoms with van der Waals surface area (Å²) in [6.07, 6.45) is 4.61. The number of carboxylic acids is 1. The lowest BCUT2D eigenvalue weighted by Gasteiger charge is -2.35. The molecule has 10 rings (SSSR count). The number of aromatic nitrogens is 4. The number of phosphoric ester groups is 1. The number of anilines is 2. The average molecular weight is 911 g/mol. The van der Waals surface area contributed by atoms with Gasteiger partial charge in [0.2, 0.25) is 5.43 Å². The summed E-state index contributed by atoms with van der Waals surface area (Å²) >= 11 is 0. The van der Waals surface area contributed by atoms with Gasteiger partial charge in [-0.1, -0.05) is 65.9 Å². The van der Waals surface area contributed by atoms with Crippen LogP contribution < -0.4 is 24.7 Å². The summed E-state index contributed by atoms with van der Waals surface area (Å²) < 4.78 is 87.6. The molecule has 0 spiro atoms. The molecule has 0 unspecified atom stereocenters. The van der Waals surface area contributed by atoms with E-state index in [0.717, 1.165) is 25.0 Å². The number of halogens is 2. The molecule has 20 heteroatoms. The van der Waals surface area contributed by atoms with Gasteiger partial charge in [-0.3, -0.25) is 23.3 Å². The number of fused-ring (bicyclic) bond motifs is 5. The molecule has 5 heterocycles. The summed E-state index contributed by atoms with van der Waals surface area (Å²) in [5.41, 5.74) is -1.19. The predicted octanol–water partition coefficient (Wildman–Crippen LogP) is 7.28. The van der Waals surface area contributed by atoms with Crippen molar-refractivity contribution >= 4 is 42.2 Å². The standard InChI is InChI=1S/C45H41F2N6O11P/c46-36-17-31(52-21-33(63-44(52)57)20-50-16-15-48-49-50)13-14-38(36)60-27-45(64-65(58,61-23-28-7-3-1-4-8-28)62-24-29-9-5-2-6-10-29)19-32-25-59-42-39-34(18-37(47)40(42)53(32)26-45)41(54)35(43(55)56)22-51(39)30-11-12-30/h1-10,13-18,22,30,32-33H,11-12,19-21,23-27H2,(H,55,56)/t32-,33+,45-/m0/s1. The number of pyridine rings is 1. The van der Waals surface area contributed by atoms with Crippen LogP contribution in [0.1, 0.15) is 46.8 Å². The summed E-state index contributed by atoms with van der Waals surface area (Å²) in [5.74, 6) is -3.30. The van der Waals surface area contributed by atoms with Crippen LogP contribution in [0.5, 0.6) is 11.5 Å². The quantitative estimate of drug-likeness (QED) is 0.0956. The van der Waals surface area contributed by atoms with Gasteiger partial charge in [0.15, 0.2) is 23.1 Å². The molecule has 3 atom stereocenters. The van der Waals surface area contributed by atoms with E-state index in [2.05, 4.69) is 10.3 Å². The number of carbonyl (C=O) groups is 2. The van der Waals surface area contributed by atoms with Crippen LogP contribution in [0.4, 0.5) is 25.0 Å². The van der Waals surface area contributed by atoms with E-state index in [1.807, 2.05) is 12.1 Å². The number of aromatic carboxylic acids is 1. The molecule has 1 N–H and O–H groups in total. The van der Waals surface area contributed by atoms with Crippen LogP contribution >= 0.6 is 7.82 Å². The number of nitrogens with zero attached hydrogens (tertiary/aromatic N) is 6. The summed E-state index contributed by atoms with van der Waals surface area (Å²) in [7, 11) is -4.58. The van der Waals surface area contributed by atoms with E-state index in [-0.39, 0.29) is 85.7 Å². The Kier molecular flexibility index (Phi) is 11.1. The number of rotatable bonds is 16. The third-order valence-electron chi connectivity index (χ3n) is 11.8. The Balaban J connectivity index is 0.988. The molecule has 1 amide bonds. The van der Waals surface area contributed by atoms with Gasteiger partial charge >= 0.3 is 19.9 Å². The molecule has 2 aromatic heterocycles. The zero-order chi connectivity index (χ0) is 44.9. The van der Waals surface area contributed by atoms with Crippen molar-refractivity contribution in [2.24, 2.45) is 0 Å². The fourth-order valence-corrected chi connectivity index (χ4v) is 10.1. The number of amides is 1. The third-order valence-corrected chi connectivity index (χ3v) is 13.3. The number of hydrogen-bond acceptors (Lipinski definition) is 13. The van der Waals surface area contributed by atoms with Gasteiger partial charge in [-0.25, -0.2) is 27.6 Å². The van der Waals surface area contributed by atoms with Crippen LogP contribution in [-0.4, -0.2) is 80.8 Å². The van der Waals surface area contributed by atoms with Gasteiger partial charge < -0.3 is 28.8 Å². The maximum Gasteiger partial charge on any atom is 0.476 e. The maximum absolute atomic E-state index is 16.6. The third kappa shape index (κ3) is 8.55. The fraction of sp³-hybridized carbons (Fsp3) is 0.311. The molecule has 3 aliphatic heterocycles. The normalized spacial score (nSPS) is 20.4. The summed E-state index contributed by atoms with van der Waals surface area (Å²) in [6.45, 7) is -0.665. The highest BCUT2D eigenvalue weighted by atomic mass is 31.2. The van der Waals surface area contributed by atoms with Crippen LogP contribution in [0.15, 0.2) is 108 Å². The first-order chi connectivity index (χ1) is 31.4. The lowest BCUT2D eigenvalue weighted by Crippen LogP contribution is -2.43. The Bertz CT molecular complexity index is 2840. The molecule has 65 heavy (non-hydrogen) atoms. The van der Waals surface area contributed by atoms with Crippen molar-refractivity contribution in [3.63, 3.8) is 0 Å². The minimum absolute atomic E-state index is 0.00281. The van der Waals surface area contributed by atoms with Crippen molar-refractivity contribution in [2.75, 3.05) is 36.1 Å². The van der Waals surface area contributed by atoms with Gasteiger partial charge in [0.25, 0.3) is 0 Å². The monoisotopic (exact) mass is 910 g/mol. The van der Waals surface area contributed by atoms with Crippen molar-refractivity contribution in [1.29, 1.82) is 0 Å². The minimum atomic E-state index is -4.58. The lowest BCUT2D eigenvalue weighted by atomic mass is 10.0. The van der Waals surface area contributed by atoms with Crippen LogP contribution in [0, 0.1) is 11.6 Å². The van der Waals surface area contributed by atoms with Crippen molar-refractivity contribution in [2.45, 2.75) is 62.8 Å². The number of cyclic esters (lactones) is 1. The van der Waals surface area contributed by atoms with Gasteiger partial charge in [0.05, 0.1) is 61.7 Å². The highest BCUT2D eigenvalue weighted by molar-refractivity contribution is 7.48. The molecular weight excluding hydrogens is 869 g/mol. The first-order valence-electron chi connectivity index (χ1n) is 20.9. The Morgan fingerprint density at radius 2 is 1.66 bits per heavy atom. The zero-order valence-electron chi connectivity index (χ0n) is 34.5. The van der Waals surface area contributed by atoms with E-state index in [1.54, 1.807) is 64.2 Å². The molecule has 3 fully saturated rings. The smallest absolute Gasteiger partial charge is 0.476 e. The number of hydrogen-bond donors (Lipinski definition) is 1. The highest BCUT2D eigenvalue weighted by Gasteiger charge is 2.54.